The Morgan fingerprint density at radius 1 is 0.857 bits per heavy atom. The van der Waals surface area contributed by atoms with Crippen LogP contribution < -0.4 is 15.6 Å². The minimum absolute atomic E-state index is 0.0254. The Balaban J connectivity index is 2.01. The molecule has 2 amide bonds. The zero-order valence-corrected chi connectivity index (χ0v) is 17.6. The van der Waals surface area contributed by atoms with E-state index in [0.29, 0.717) is 11.3 Å². The number of nitrogens with one attached hydrogen (secondary N) is 2. The summed E-state index contributed by atoms with van der Waals surface area (Å²) in [6, 6.07) is 14.8. The fraction of sp³-hybridized carbons (Fsp3) is 0.391. The van der Waals surface area contributed by atoms with Gasteiger partial charge >= 0.3 is 0 Å². The van der Waals surface area contributed by atoms with E-state index >= 15 is 0 Å². The second-order valence-corrected chi connectivity index (χ2v) is 8.87. The summed E-state index contributed by atoms with van der Waals surface area (Å²) in [6.45, 7) is 12.6. The van der Waals surface area contributed by atoms with Crippen LogP contribution in [0.5, 0.6) is 5.75 Å². The molecule has 0 aliphatic carbocycles. The number of ether oxygens (including phenoxy) is 1. The lowest BCUT2D eigenvalue weighted by molar-refractivity contribution is -0.123. The Hall–Kier alpha value is -2.82. The molecule has 0 radical (unpaired) electrons. The van der Waals surface area contributed by atoms with E-state index in [-0.39, 0.29) is 23.3 Å². The van der Waals surface area contributed by atoms with Crippen molar-refractivity contribution in [1.82, 2.24) is 10.9 Å². The minimum Gasteiger partial charge on any atom is -0.483 e. The summed E-state index contributed by atoms with van der Waals surface area (Å²) in [5, 5.41) is 0. The SMILES string of the molecule is CC(C)(C)c1ccc(OCC(=O)NNC(=O)c2ccccc2)c(C(C)(C)C)c1. The Labute approximate surface area is 167 Å². The molecule has 0 aliphatic heterocycles. The Morgan fingerprint density at radius 2 is 1.50 bits per heavy atom. The van der Waals surface area contributed by atoms with Crippen LogP contribution in [0.1, 0.15) is 63.0 Å². The van der Waals surface area contributed by atoms with E-state index in [1.165, 1.54) is 5.56 Å². The molecule has 0 heterocycles. The molecule has 5 heteroatoms. The Kier molecular flexibility index (Phi) is 6.49. The first-order chi connectivity index (χ1) is 13.0. The maximum Gasteiger partial charge on any atom is 0.276 e. The number of hydrogen-bond donors (Lipinski definition) is 2. The monoisotopic (exact) mass is 382 g/mol. The number of hydrazine groups is 1. The summed E-state index contributed by atoms with van der Waals surface area (Å²) in [7, 11) is 0. The highest BCUT2D eigenvalue weighted by molar-refractivity contribution is 5.95. The molecule has 5 nitrogen and oxygen atoms in total. The normalized spacial score (nSPS) is 11.6. The molecule has 0 atom stereocenters. The van der Waals surface area contributed by atoms with Gasteiger partial charge in [-0.1, -0.05) is 71.9 Å². The van der Waals surface area contributed by atoms with Gasteiger partial charge in [0.05, 0.1) is 0 Å². The third-order valence-electron chi connectivity index (χ3n) is 4.36. The van der Waals surface area contributed by atoms with Crippen LogP contribution >= 0.6 is 0 Å². The summed E-state index contributed by atoms with van der Waals surface area (Å²) in [5.74, 6) is -0.132. The summed E-state index contributed by atoms with van der Waals surface area (Å²) in [5.41, 5.74) is 7.39. The van der Waals surface area contributed by atoms with E-state index in [0.717, 1.165) is 5.56 Å². The number of carbonyl (C=O) groups excluding carboxylic acids is 2. The molecule has 0 bridgehead atoms. The molecule has 0 saturated carbocycles. The molecule has 0 aliphatic rings. The van der Waals surface area contributed by atoms with E-state index in [1.807, 2.05) is 18.2 Å². The highest BCUT2D eigenvalue weighted by Crippen LogP contribution is 2.35. The quantitative estimate of drug-likeness (QED) is 0.782. The zero-order chi connectivity index (χ0) is 20.9. The van der Waals surface area contributed by atoms with E-state index in [1.54, 1.807) is 24.3 Å². The lowest BCUT2D eigenvalue weighted by atomic mass is 9.80. The van der Waals surface area contributed by atoms with Crippen LogP contribution in [-0.4, -0.2) is 18.4 Å². The summed E-state index contributed by atoms with van der Waals surface area (Å²) < 4.78 is 5.77. The lowest BCUT2D eigenvalue weighted by Crippen LogP contribution is -2.43. The van der Waals surface area contributed by atoms with Gasteiger partial charge in [-0.15, -0.1) is 0 Å². The van der Waals surface area contributed by atoms with Crippen molar-refractivity contribution < 1.29 is 14.3 Å². The number of hydrogen-bond acceptors (Lipinski definition) is 3. The second kappa shape index (κ2) is 8.46. The average Bonchev–Trinajstić information content (AvgIpc) is 2.63. The molecule has 150 valence electrons. The highest BCUT2D eigenvalue weighted by Gasteiger charge is 2.23. The molecule has 2 aromatic rings. The third kappa shape index (κ3) is 5.84. The van der Waals surface area contributed by atoms with Crippen molar-refractivity contribution in [2.75, 3.05) is 6.61 Å². The summed E-state index contributed by atoms with van der Waals surface area (Å²) in [4.78, 5) is 24.1. The smallest absolute Gasteiger partial charge is 0.276 e. The van der Waals surface area contributed by atoms with E-state index in [4.69, 9.17) is 4.74 Å². The fourth-order valence-electron chi connectivity index (χ4n) is 2.68. The highest BCUT2D eigenvalue weighted by atomic mass is 16.5. The van der Waals surface area contributed by atoms with E-state index < -0.39 is 5.91 Å². The standard InChI is InChI=1S/C23H30N2O3/c1-22(2,3)17-12-13-19(18(14-17)23(4,5)6)28-15-20(26)24-25-21(27)16-10-8-7-9-11-16/h7-14H,15H2,1-6H3,(H,24,26)(H,25,27). The lowest BCUT2D eigenvalue weighted by Gasteiger charge is -2.27. The fourth-order valence-corrected chi connectivity index (χ4v) is 2.68. The van der Waals surface area contributed by atoms with Gasteiger partial charge in [-0.25, -0.2) is 0 Å². The zero-order valence-electron chi connectivity index (χ0n) is 17.6. The third-order valence-corrected chi connectivity index (χ3v) is 4.36. The predicted octanol–water partition coefficient (Wildman–Crippen LogP) is 4.12. The maximum atomic E-state index is 12.1. The topological polar surface area (TPSA) is 67.4 Å². The van der Waals surface area contributed by atoms with Crippen LogP contribution in [0.2, 0.25) is 0 Å². The Morgan fingerprint density at radius 3 is 2.07 bits per heavy atom. The van der Waals surface area contributed by atoms with Gasteiger partial charge in [0.1, 0.15) is 5.75 Å². The molecule has 0 unspecified atom stereocenters. The van der Waals surface area contributed by atoms with Crippen LogP contribution in [0.3, 0.4) is 0 Å². The van der Waals surface area contributed by atoms with E-state index in [9.17, 15) is 9.59 Å². The molecule has 2 N–H and O–H groups in total. The van der Waals surface area contributed by atoms with Crippen molar-refractivity contribution in [1.29, 1.82) is 0 Å². The number of benzene rings is 2. The van der Waals surface area contributed by atoms with Gasteiger partial charge in [-0.2, -0.15) is 0 Å². The summed E-state index contributed by atoms with van der Waals surface area (Å²) >= 11 is 0. The van der Waals surface area contributed by atoms with Gasteiger partial charge in [0, 0.05) is 5.56 Å². The van der Waals surface area contributed by atoms with Crippen molar-refractivity contribution in [3.05, 3.63) is 65.2 Å². The number of amides is 2. The molecule has 28 heavy (non-hydrogen) atoms. The Bertz CT molecular complexity index is 831. The molecule has 2 aromatic carbocycles. The predicted molar refractivity (Wildman–Crippen MR) is 111 cm³/mol. The number of carbonyl (C=O) groups is 2. The largest absolute Gasteiger partial charge is 0.483 e. The van der Waals surface area contributed by atoms with Gasteiger partial charge in [0.2, 0.25) is 0 Å². The second-order valence-electron chi connectivity index (χ2n) is 8.87. The van der Waals surface area contributed by atoms with Crippen LogP contribution in [-0.2, 0) is 15.6 Å². The van der Waals surface area contributed by atoms with Crippen molar-refractivity contribution in [3.63, 3.8) is 0 Å². The van der Waals surface area contributed by atoms with Crippen molar-refractivity contribution in [2.24, 2.45) is 0 Å². The van der Waals surface area contributed by atoms with Crippen molar-refractivity contribution >= 4 is 11.8 Å². The maximum absolute atomic E-state index is 12.1. The molecule has 0 spiro atoms. The van der Waals surface area contributed by atoms with Gasteiger partial charge in [-0.3, -0.25) is 20.4 Å². The van der Waals surface area contributed by atoms with E-state index in [2.05, 4.69) is 58.5 Å². The minimum atomic E-state index is -0.427. The van der Waals surface area contributed by atoms with Gasteiger partial charge in [-0.05, 0) is 40.2 Å². The molecular formula is C23H30N2O3. The van der Waals surface area contributed by atoms with Crippen molar-refractivity contribution in [3.8, 4) is 5.75 Å². The van der Waals surface area contributed by atoms with Crippen LogP contribution in [0, 0.1) is 0 Å². The van der Waals surface area contributed by atoms with Gasteiger partial charge < -0.3 is 4.74 Å². The van der Waals surface area contributed by atoms with Crippen LogP contribution in [0.25, 0.3) is 0 Å². The summed E-state index contributed by atoms with van der Waals surface area (Å²) in [6.07, 6.45) is 0. The van der Waals surface area contributed by atoms with Crippen molar-refractivity contribution in [2.45, 2.75) is 52.4 Å². The first-order valence-corrected chi connectivity index (χ1v) is 9.40. The van der Waals surface area contributed by atoms with Gasteiger partial charge in [0.25, 0.3) is 11.8 Å². The average molecular weight is 383 g/mol. The molecule has 2 rings (SSSR count). The molecular weight excluding hydrogens is 352 g/mol. The molecule has 0 saturated heterocycles. The first-order valence-electron chi connectivity index (χ1n) is 9.40. The molecule has 0 fully saturated rings. The van der Waals surface area contributed by atoms with Crippen LogP contribution in [0.4, 0.5) is 0 Å². The number of rotatable bonds is 4. The first kappa shape index (κ1) is 21.5. The van der Waals surface area contributed by atoms with Gasteiger partial charge in [0.15, 0.2) is 6.61 Å². The van der Waals surface area contributed by atoms with Crippen LogP contribution in [0.15, 0.2) is 48.5 Å². The molecule has 0 aromatic heterocycles.